The van der Waals surface area contributed by atoms with Crippen molar-refractivity contribution in [3.05, 3.63) is 46.8 Å². The minimum atomic E-state index is -0.251. The lowest BCUT2D eigenvalue weighted by Gasteiger charge is -2.20. The number of pyridine rings is 1. The maximum absolute atomic E-state index is 13.5. The van der Waals surface area contributed by atoms with Gasteiger partial charge >= 0.3 is 0 Å². The molecule has 0 bridgehead atoms. The van der Waals surface area contributed by atoms with Crippen LogP contribution in [0.15, 0.2) is 24.3 Å². The summed E-state index contributed by atoms with van der Waals surface area (Å²) in [6.07, 6.45) is 2.19. The van der Waals surface area contributed by atoms with Crippen LogP contribution in [0.25, 0.3) is 11.0 Å². The Bertz CT molecular complexity index is 1200. The predicted molar refractivity (Wildman–Crippen MR) is 123 cm³/mol. The van der Waals surface area contributed by atoms with E-state index in [0.29, 0.717) is 22.9 Å². The summed E-state index contributed by atoms with van der Waals surface area (Å²) in [7, 11) is 0. The highest BCUT2D eigenvalue weighted by atomic mass is 16.2. The predicted octanol–water partition coefficient (Wildman–Crippen LogP) is 4.89. The van der Waals surface area contributed by atoms with Gasteiger partial charge in [-0.15, -0.1) is 0 Å². The van der Waals surface area contributed by atoms with Crippen molar-refractivity contribution in [2.24, 2.45) is 0 Å². The van der Waals surface area contributed by atoms with Crippen LogP contribution in [0.2, 0.25) is 0 Å². The van der Waals surface area contributed by atoms with E-state index in [1.54, 1.807) is 6.07 Å². The monoisotopic (exact) mass is 419 g/mol. The smallest absolute Gasteiger partial charge is 0.256 e. The number of carbonyl (C=O) groups is 2. The number of amides is 2. The summed E-state index contributed by atoms with van der Waals surface area (Å²) in [6.45, 7) is 11.6. The Labute approximate surface area is 182 Å². The zero-order valence-corrected chi connectivity index (χ0v) is 19.0. The summed E-state index contributed by atoms with van der Waals surface area (Å²) >= 11 is 0. The molecule has 0 unspecified atom stereocenters. The summed E-state index contributed by atoms with van der Waals surface area (Å²) in [5.74, 6) is 0.0506. The molecule has 2 amide bonds. The van der Waals surface area contributed by atoms with E-state index >= 15 is 0 Å². The third-order valence-corrected chi connectivity index (χ3v) is 5.51. The van der Waals surface area contributed by atoms with Crippen molar-refractivity contribution in [1.82, 2.24) is 14.8 Å². The molecule has 0 aliphatic heterocycles. The minimum absolute atomic E-state index is 0.156. The molecule has 0 radical (unpaired) electrons. The molecule has 162 valence electrons. The van der Waals surface area contributed by atoms with Crippen LogP contribution in [-0.4, -0.2) is 26.6 Å². The third kappa shape index (κ3) is 4.17. The number of hydrogen-bond donors (Lipinski definition) is 2. The molecule has 1 saturated carbocycles. The molecule has 0 atom stereocenters. The van der Waals surface area contributed by atoms with E-state index in [4.69, 9.17) is 10.1 Å². The van der Waals surface area contributed by atoms with E-state index in [-0.39, 0.29) is 17.4 Å². The zero-order chi connectivity index (χ0) is 22.5. The van der Waals surface area contributed by atoms with E-state index in [2.05, 4.69) is 31.4 Å². The average molecular weight is 420 g/mol. The molecule has 1 aliphatic carbocycles. The van der Waals surface area contributed by atoms with Crippen LogP contribution in [0.3, 0.4) is 0 Å². The molecule has 2 N–H and O–H groups in total. The first-order valence-corrected chi connectivity index (χ1v) is 10.6. The molecule has 1 aromatic carbocycles. The second-order valence-electron chi connectivity index (χ2n) is 9.40. The summed E-state index contributed by atoms with van der Waals surface area (Å²) in [6, 6.07) is 7.39. The first-order valence-electron chi connectivity index (χ1n) is 10.6. The molecular formula is C24H29N5O2. The Hall–Kier alpha value is -3.22. The summed E-state index contributed by atoms with van der Waals surface area (Å²) in [5, 5.41) is 11.3. The SMILES string of the molecule is CC(=O)Nc1ccc(C)c(NC(=O)c2cc(C3CC3)nc3c2c(C)nn3C(C)(C)C)c1. The molecule has 3 aromatic rings. The minimum Gasteiger partial charge on any atom is -0.326 e. The molecule has 2 heterocycles. The molecule has 7 heteroatoms. The molecule has 2 aromatic heterocycles. The number of aryl methyl sites for hydroxylation is 2. The third-order valence-electron chi connectivity index (χ3n) is 5.51. The number of fused-ring (bicyclic) bond motifs is 1. The number of nitrogens with zero attached hydrogens (tertiary/aromatic N) is 3. The van der Waals surface area contributed by atoms with E-state index < -0.39 is 0 Å². The number of benzene rings is 1. The Balaban J connectivity index is 1.80. The molecular weight excluding hydrogens is 390 g/mol. The van der Waals surface area contributed by atoms with Crippen molar-refractivity contribution < 1.29 is 9.59 Å². The second-order valence-corrected chi connectivity index (χ2v) is 9.40. The van der Waals surface area contributed by atoms with Gasteiger partial charge in [0.05, 0.1) is 22.2 Å². The largest absolute Gasteiger partial charge is 0.326 e. The van der Waals surface area contributed by atoms with Crippen LogP contribution in [-0.2, 0) is 10.3 Å². The standard InChI is InChI=1S/C24H29N5O2/c1-13-7-10-17(25-15(3)30)11-19(13)27-23(31)18-12-20(16-8-9-16)26-22-21(18)14(2)28-29(22)24(4,5)6/h7,10-12,16H,8-9H2,1-6H3,(H,25,30)(H,27,31). The highest BCUT2D eigenvalue weighted by molar-refractivity contribution is 6.13. The van der Waals surface area contributed by atoms with E-state index in [9.17, 15) is 9.59 Å². The molecule has 1 aliphatic rings. The fourth-order valence-corrected chi connectivity index (χ4v) is 3.77. The van der Waals surface area contributed by atoms with Gasteiger partial charge in [0.2, 0.25) is 5.91 Å². The fraction of sp³-hybridized carbons (Fsp3) is 0.417. The Morgan fingerprint density at radius 2 is 1.81 bits per heavy atom. The number of rotatable bonds is 4. The van der Waals surface area contributed by atoms with Gasteiger partial charge in [0.15, 0.2) is 5.65 Å². The molecule has 0 saturated heterocycles. The first-order chi connectivity index (χ1) is 14.5. The number of anilines is 2. The van der Waals surface area contributed by atoms with Crippen LogP contribution in [0, 0.1) is 13.8 Å². The number of nitrogens with one attached hydrogen (secondary N) is 2. The van der Waals surface area contributed by atoms with Gasteiger partial charge in [-0.25, -0.2) is 9.67 Å². The van der Waals surface area contributed by atoms with Gasteiger partial charge in [-0.3, -0.25) is 9.59 Å². The molecule has 7 nitrogen and oxygen atoms in total. The number of carbonyl (C=O) groups excluding carboxylic acids is 2. The second kappa shape index (κ2) is 7.48. The lowest BCUT2D eigenvalue weighted by Crippen LogP contribution is -2.24. The van der Waals surface area contributed by atoms with Gasteiger partial charge in [0.1, 0.15) is 0 Å². The van der Waals surface area contributed by atoms with Crippen molar-refractivity contribution in [1.29, 1.82) is 0 Å². The van der Waals surface area contributed by atoms with Crippen LogP contribution in [0.5, 0.6) is 0 Å². The van der Waals surface area contributed by atoms with Crippen molar-refractivity contribution in [2.45, 2.75) is 65.8 Å². The van der Waals surface area contributed by atoms with Gasteiger partial charge in [-0.05, 0) is 71.2 Å². The van der Waals surface area contributed by atoms with Crippen LogP contribution < -0.4 is 10.6 Å². The maximum atomic E-state index is 13.5. The molecule has 1 fully saturated rings. The van der Waals surface area contributed by atoms with Crippen LogP contribution in [0.4, 0.5) is 11.4 Å². The van der Waals surface area contributed by atoms with E-state index in [0.717, 1.165) is 40.8 Å². The van der Waals surface area contributed by atoms with Gasteiger partial charge in [-0.1, -0.05) is 6.07 Å². The van der Waals surface area contributed by atoms with Gasteiger partial charge in [0, 0.05) is 29.9 Å². The van der Waals surface area contributed by atoms with Crippen molar-refractivity contribution >= 4 is 34.2 Å². The van der Waals surface area contributed by atoms with Crippen molar-refractivity contribution in [3.63, 3.8) is 0 Å². The quantitative estimate of drug-likeness (QED) is 0.630. The number of aromatic nitrogens is 3. The van der Waals surface area contributed by atoms with Gasteiger partial charge in [-0.2, -0.15) is 5.10 Å². The van der Waals surface area contributed by atoms with Crippen LogP contribution in [0.1, 0.15) is 73.8 Å². The summed E-state index contributed by atoms with van der Waals surface area (Å²) in [4.78, 5) is 29.8. The van der Waals surface area contributed by atoms with Crippen LogP contribution >= 0.6 is 0 Å². The summed E-state index contributed by atoms with van der Waals surface area (Å²) < 4.78 is 1.92. The first kappa shape index (κ1) is 21.0. The lowest BCUT2D eigenvalue weighted by atomic mass is 10.1. The maximum Gasteiger partial charge on any atom is 0.256 e. The van der Waals surface area contributed by atoms with Crippen molar-refractivity contribution in [2.75, 3.05) is 10.6 Å². The highest BCUT2D eigenvalue weighted by Gasteiger charge is 2.30. The molecule has 4 rings (SSSR count). The Morgan fingerprint density at radius 1 is 1.10 bits per heavy atom. The average Bonchev–Trinajstić information content (AvgIpc) is 3.46. The van der Waals surface area contributed by atoms with E-state index in [1.165, 1.54) is 6.92 Å². The van der Waals surface area contributed by atoms with Crippen molar-refractivity contribution in [3.8, 4) is 0 Å². The highest BCUT2D eigenvalue weighted by Crippen LogP contribution is 2.41. The lowest BCUT2D eigenvalue weighted by molar-refractivity contribution is -0.114. The van der Waals surface area contributed by atoms with E-state index in [1.807, 2.05) is 36.7 Å². The fourth-order valence-electron chi connectivity index (χ4n) is 3.77. The summed E-state index contributed by atoms with van der Waals surface area (Å²) in [5.41, 5.74) is 5.04. The number of hydrogen-bond acceptors (Lipinski definition) is 4. The molecule has 31 heavy (non-hydrogen) atoms. The topological polar surface area (TPSA) is 88.9 Å². The zero-order valence-electron chi connectivity index (χ0n) is 19.0. The molecule has 0 spiro atoms. The van der Waals surface area contributed by atoms with Gasteiger partial charge < -0.3 is 10.6 Å². The normalized spacial score (nSPS) is 14.0. The van der Waals surface area contributed by atoms with Gasteiger partial charge in [0.25, 0.3) is 5.91 Å². The Morgan fingerprint density at radius 3 is 2.42 bits per heavy atom. The Kier molecular flexibility index (Phi) is 5.07.